The maximum absolute atomic E-state index is 9.73. The van der Waals surface area contributed by atoms with Gasteiger partial charge >= 0.3 is 0 Å². The van der Waals surface area contributed by atoms with E-state index in [4.69, 9.17) is 0 Å². The van der Waals surface area contributed by atoms with Crippen molar-refractivity contribution in [1.29, 1.82) is 0 Å². The number of rotatable bonds is 17. The van der Waals surface area contributed by atoms with Crippen LogP contribution in [0.25, 0.3) is 0 Å². The van der Waals surface area contributed by atoms with Crippen LogP contribution in [0.2, 0.25) is 0 Å². The lowest BCUT2D eigenvalue weighted by Crippen LogP contribution is -2.31. The summed E-state index contributed by atoms with van der Waals surface area (Å²) >= 11 is 0. The van der Waals surface area contributed by atoms with Gasteiger partial charge in [-0.15, -0.1) is 0 Å². The fourth-order valence-corrected chi connectivity index (χ4v) is 3.78. The lowest BCUT2D eigenvalue weighted by Gasteiger charge is -2.17. The van der Waals surface area contributed by atoms with Crippen LogP contribution >= 0.6 is 0 Å². The summed E-state index contributed by atoms with van der Waals surface area (Å²) in [7, 11) is 0. The summed E-state index contributed by atoms with van der Waals surface area (Å²) < 4.78 is 0. The number of hydrogen-bond donors (Lipinski definition) is 1. The second-order valence-corrected chi connectivity index (χ2v) is 8.27. The van der Waals surface area contributed by atoms with Gasteiger partial charge in [0.15, 0.2) is 0 Å². The van der Waals surface area contributed by atoms with Gasteiger partial charge in [0, 0.05) is 13.1 Å². The Kier molecular flexibility index (Phi) is 14.5. The average Bonchev–Trinajstić information content (AvgIpc) is 3.08. The molecule has 2 unspecified atom stereocenters. The molecule has 0 aromatic carbocycles. The summed E-state index contributed by atoms with van der Waals surface area (Å²) in [5, 5.41) is 9.73. The van der Waals surface area contributed by atoms with Crippen LogP contribution in [0, 0.1) is 0 Å². The average molecular weight is 379 g/mol. The van der Waals surface area contributed by atoms with E-state index in [-0.39, 0.29) is 12.1 Å². The maximum Gasteiger partial charge on any atom is 0.123 e. The highest BCUT2D eigenvalue weighted by atomic mass is 16.3. The molecule has 1 N–H and O–H groups in total. The Bertz CT molecular complexity index is 403. The standard InChI is InChI=1S/C24H46N2O/c1-4-6-7-8-9-10-11-12-13-14-15-16-17-18-19-20-24-25-23(22(3)27)21-26(24)5-2/h19-20,22-23,27H,4-18,21H2,1-3H3. The minimum Gasteiger partial charge on any atom is -0.391 e. The molecule has 0 spiro atoms. The van der Waals surface area contributed by atoms with E-state index in [1.807, 2.05) is 6.92 Å². The molecule has 1 heterocycles. The Hall–Kier alpha value is -0.830. The second-order valence-electron chi connectivity index (χ2n) is 8.27. The lowest BCUT2D eigenvalue weighted by atomic mass is 10.0. The van der Waals surface area contributed by atoms with Gasteiger partial charge < -0.3 is 10.0 Å². The number of amidine groups is 1. The molecule has 0 amide bonds. The van der Waals surface area contributed by atoms with E-state index >= 15 is 0 Å². The molecule has 0 fully saturated rings. The molecule has 3 heteroatoms. The van der Waals surface area contributed by atoms with Crippen molar-refractivity contribution in [3.63, 3.8) is 0 Å². The normalized spacial score (nSPS) is 18.4. The van der Waals surface area contributed by atoms with Gasteiger partial charge in [-0.2, -0.15) is 0 Å². The SMILES string of the molecule is CCCCCCCCCCCCCCCC=CC1=NC(C(C)O)CN1CC. The van der Waals surface area contributed by atoms with Crippen LogP contribution < -0.4 is 0 Å². The van der Waals surface area contributed by atoms with Crippen molar-refractivity contribution in [2.75, 3.05) is 13.1 Å². The van der Waals surface area contributed by atoms with E-state index in [1.165, 1.54) is 83.5 Å². The molecule has 27 heavy (non-hydrogen) atoms. The fraction of sp³-hybridized carbons (Fsp3) is 0.875. The van der Waals surface area contributed by atoms with Crippen LogP contribution in [-0.4, -0.2) is 41.1 Å². The summed E-state index contributed by atoms with van der Waals surface area (Å²) in [4.78, 5) is 6.91. The van der Waals surface area contributed by atoms with Crippen molar-refractivity contribution in [2.24, 2.45) is 4.99 Å². The minimum absolute atomic E-state index is 0.0425. The molecule has 0 saturated heterocycles. The zero-order valence-electron chi connectivity index (χ0n) is 18.5. The molecule has 1 aliphatic heterocycles. The first-order chi connectivity index (χ1) is 13.2. The first-order valence-corrected chi connectivity index (χ1v) is 11.9. The molecule has 0 aromatic rings. The Labute approximate surface area is 169 Å². The predicted molar refractivity (Wildman–Crippen MR) is 120 cm³/mol. The van der Waals surface area contributed by atoms with E-state index in [0.717, 1.165) is 25.3 Å². The van der Waals surface area contributed by atoms with E-state index in [1.54, 1.807) is 0 Å². The number of hydrogen-bond acceptors (Lipinski definition) is 3. The van der Waals surface area contributed by atoms with Gasteiger partial charge in [0.1, 0.15) is 5.84 Å². The summed E-state index contributed by atoms with van der Waals surface area (Å²) in [6.07, 6.45) is 23.5. The predicted octanol–water partition coefficient (Wildman–Crippen LogP) is 6.51. The number of likely N-dealkylation sites (N-methyl/N-ethyl adjacent to an activating group) is 1. The highest BCUT2D eigenvalue weighted by Crippen LogP contribution is 2.15. The molecule has 158 valence electrons. The largest absolute Gasteiger partial charge is 0.391 e. The first kappa shape index (κ1) is 24.2. The number of aliphatic hydroxyl groups excluding tert-OH is 1. The number of aliphatic hydroxyl groups is 1. The van der Waals surface area contributed by atoms with Crippen LogP contribution in [0.5, 0.6) is 0 Å². The minimum atomic E-state index is -0.356. The third-order valence-corrected chi connectivity index (χ3v) is 5.71. The molecular weight excluding hydrogens is 332 g/mol. The Morgan fingerprint density at radius 2 is 1.44 bits per heavy atom. The van der Waals surface area contributed by atoms with Crippen molar-refractivity contribution >= 4 is 5.84 Å². The molecular formula is C24H46N2O. The summed E-state index contributed by atoms with van der Waals surface area (Å²) in [5.41, 5.74) is 0. The number of allylic oxidation sites excluding steroid dienone is 1. The van der Waals surface area contributed by atoms with Crippen LogP contribution in [0.15, 0.2) is 17.1 Å². The lowest BCUT2D eigenvalue weighted by molar-refractivity contribution is 0.160. The quantitative estimate of drug-likeness (QED) is 0.293. The first-order valence-electron chi connectivity index (χ1n) is 11.9. The Morgan fingerprint density at radius 1 is 0.926 bits per heavy atom. The Morgan fingerprint density at radius 3 is 1.93 bits per heavy atom. The smallest absolute Gasteiger partial charge is 0.123 e. The molecule has 1 rings (SSSR count). The fourth-order valence-electron chi connectivity index (χ4n) is 3.78. The van der Waals surface area contributed by atoms with Gasteiger partial charge in [-0.3, -0.25) is 4.99 Å². The monoisotopic (exact) mass is 378 g/mol. The van der Waals surface area contributed by atoms with E-state index in [2.05, 4.69) is 35.9 Å². The van der Waals surface area contributed by atoms with E-state index in [0.29, 0.717) is 0 Å². The van der Waals surface area contributed by atoms with Crippen LogP contribution in [0.4, 0.5) is 0 Å². The Balaban J connectivity index is 1.94. The molecule has 2 atom stereocenters. The van der Waals surface area contributed by atoms with Crippen LogP contribution in [0.3, 0.4) is 0 Å². The maximum atomic E-state index is 9.73. The van der Waals surface area contributed by atoms with Crippen molar-refractivity contribution in [3.05, 3.63) is 12.2 Å². The number of aliphatic imine (C=N–C) groups is 1. The van der Waals surface area contributed by atoms with Gasteiger partial charge in [0.25, 0.3) is 0 Å². The van der Waals surface area contributed by atoms with Gasteiger partial charge in [0.05, 0.1) is 12.1 Å². The van der Waals surface area contributed by atoms with Crippen molar-refractivity contribution < 1.29 is 5.11 Å². The molecule has 0 saturated carbocycles. The highest BCUT2D eigenvalue weighted by Gasteiger charge is 2.25. The van der Waals surface area contributed by atoms with E-state index < -0.39 is 0 Å². The van der Waals surface area contributed by atoms with Crippen molar-refractivity contribution in [1.82, 2.24) is 4.90 Å². The van der Waals surface area contributed by atoms with Crippen molar-refractivity contribution in [3.8, 4) is 0 Å². The van der Waals surface area contributed by atoms with Gasteiger partial charge in [0.2, 0.25) is 0 Å². The molecule has 0 radical (unpaired) electrons. The summed E-state index contributed by atoms with van der Waals surface area (Å²) in [6, 6.07) is 0.0425. The van der Waals surface area contributed by atoms with Gasteiger partial charge in [-0.1, -0.05) is 90.0 Å². The van der Waals surface area contributed by atoms with Gasteiger partial charge in [-0.05, 0) is 32.8 Å². The summed E-state index contributed by atoms with van der Waals surface area (Å²) in [5.74, 6) is 1.05. The zero-order valence-corrected chi connectivity index (χ0v) is 18.5. The highest BCUT2D eigenvalue weighted by molar-refractivity contribution is 5.94. The zero-order chi connectivity index (χ0) is 19.7. The van der Waals surface area contributed by atoms with Crippen LogP contribution in [0.1, 0.15) is 111 Å². The summed E-state index contributed by atoms with van der Waals surface area (Å²) in [6.45, 7) is 8.09. The second kappa shape index (κ2) is 16.2. The number of nitrogens with zero attached hydrogens (tertiary/aromatic N) is 2. The van der Waals surface area contributed by atoms with Crippen molar-refractivity contribution in [2.45, 2.75) is 123 Å². The third kappa shape index (κ3) is 11.6. The van der Waals surface area contributed by atoms with Crippen LogP contribution in [-0.2, 0) is 0 Å². The topological polar surface area (TPSA) is 35.8 Å². The van der Waals surface area contributed by atoms with Gasteiger partial charge in [-0.25, -0.2) is 0 Å². The molecule has 3 nitrogen and oxygen atoms in total. The molecule has 1 aliphatic rings. The molecule has 0 bridgehead atoms. The number of unbranched alkanes of at least 4 members (excludes halogenated alkanes) is 13. The molecule has 0 aromatic heterocycles. The molecule has 0 aliphatic carbocycles. The van der Waals surface area contributed by atoms with E-state index in [9.17, 15) is 5.11 Å². The third-order valence-electron chi connectivity index (χ3n) is 5.71.